The van der Waals surface area contributed by atoms with Gasteiger partial charge in [0.15, 0.2) is 0 Å². The summed E-state index contributed by atoms with van der Waals surface area (Å²) >= 11 is 0. The molecule has 3 fully saturated rings. The summed E-state index contributed by atoms with van der Waals surface area (Å²) < 4.78 is 5.34. The van der Waals surface area contributed by atoms with E-state index in [0.29, 0.717) is 18.9 Å². The van der Waals surface area contributed by atoms with Crippen LogP contribution in [0.2, 0.25) is 0 Å². The van der Waals surface area contributed by atoms with Gasteiger partial charge in [0.05, 0.1) is 0 Å². The molecule has 1 aliphatic carbocycles. The van der Waals surface area contributed by atoms with Gasteiger partial charge >= 0.3 is 0 Å². The Kier molecular flexibility index (Phi) is 3.24. The third-order valence-corrected chi connectivity index (χ3v) is 4.17. The van der Waals surface area contributed by atoms with E-state index < -0.39 is 0 Å². The van der Waals surface area contributed by atoms with Crippen molar-refractivity contribution in [1.82, 2.24) is 10.2 Å². The normalized spacial score (nSPS) is 31.1. The molecular formula is C13H20N2O3. The molecule has 2 saturated heterocycles. The molecule has 100 valence electrons. The average Bonchev–Trinajstić information content (AvgIpc) is 3.21. The third kappa shape index (κ3) is 2.36. The first kappa shape index (κ1) is 12.0. The van der Waals surface area contributed by atoms with E-state index in [1.807, 2.05) is 4.90 Å². The second kappa shape index (κ2) is 4.88. The fraction of sp³-hybridized carbons (Fsp3) is 0.846. The maximum atomic E-state index is 12.5. The van der Waals surface area contributed by atoms with Crippen molar-refractivity contribution in [2.24, 2.45) is 5.92 Å². The lowest BCUT2D eigenvalue weighted by molar-refractivity contribution is -0.137. The van der Waals surface area contributed by atoms with Crippen molar-refractivity contribution in [3.8, 4) is 0 Å². The molecule has 0 aromatic carbocycles. The summed E-state index contributed by atoms with van der Waals surface area (Å²) in [5, 5.41) is 2.90. The van der Waals surface area contributed by atoms with Gasteiger partial charge in [0.2, 0.25) is 11.8 Å². The van der Waals surface area contributed by atoms with Crippen molar-refractivity contribution in [3.05, 3.63) is 0 Å². The number of rotatable bonds is 2. The van der Waals surface area contributed by atoms with Crippen molar-refractivity contribution in [3.63, 3.8) is 0 Å². The zero-order valence-electron chi connectivity index (χ0n) is 10.6. The average molecular weight is 252 g/mol. The molecular weight excluding hydrogens is 232 g/mol. The Morgan fingerprint density at radius 3 is 2.50 bits per heavy atom. The van der Waals surface area contributed by atoms with Gasteiger partial charge in [-0.15, -0.1) is 0 Å². The van der Waals surface area contributed by atoms with Crippen LogP contribution in [0, 0.1) is 5.92 Å². The number of nitrogens with zero attached hydrogens (tertiary/aromatic N) is 1. The van der Waals surface area contributed by atoms with Gasteiger partial charge in [-0.3, -0.25) is 9.59 Å². The van der Waals surface area contributed by atoms with Crippen LogP contribution < -0.4 is 5.32 Å². The lowest BCUT2D eigenvalue weighted by Gasteiger charge is -2.34. The zero-order valence-corrected chi connectivity index (χ0v) is 10.6. The first-order valence-corrected chi connectivity index (χ1v) is 6.93. The Bertz CT molecular complexity index is 348. The molecule has 2 amide bonds. The molecule has 3 rings (SSSR count). The van der Waals surface area contributed by atoms with Crippen LogP contribution in [0.3, 0.4) is 0 Å². The maximum absolute atomic E-state index is 12.5. The molecule has 0 aromatic heterocycles. The van der Waals surface area contributed by atoms with Crippen LogP contribution in [-0.4, -0.2) is 48.6 Å². The monoisotopic (exact) mass is 252 g/mol. The minimum atomic E-state index is -0.261. The number of ether oxygens (including phenoxy) is 1. The molecule has 1 saturated carbocycles. The topological polar surface area (TPSA) is 58.6 Å². The van der Waals surface area contributed by atoms with E-state index in [4.69, 9.17) is 4.74 Å². The Morgan fingerprint density at radius 2 is 1.83 bits per heavy atom. The molecule has 3 aliphatic rings. The first-order valence-electron chi connectivity index (χ1n) is 6.93. The van der Waals surface area contributed by atoms with Gasteiger partial charge in [0, 0.05) is 32.2 Å². The quantitative estimate of drug-likeness (QED) is 0.768. The minimum absolute atomic E-state index is 0.0230. The summed E-state index contributed by atoms with van der Waals surface area (Å²) in [6, 6.07) is 0.00282. The first-order chi connectivity index (χ1) is 8.75. The van der Waals surface area contributed by atoms with Crippen molar-refractivity contribution in [2.45, 2.75) is 44.2 Å². The summed E-state index contributed by atoms with van der Waals surface area (Å²) in [4.78, 5) is 26.2. The van der Waals surface area contributed by atoms with Gasteiger partial charge in [-0.25, -0.2) is 0 Å². The summed E-state index contributed by atoms with van der Waals surface area (Å²) in [5.41, 5.74) is 0. The van der Waals surface area contributed by atoms with Crippen molar-refractivity contribution < 1.29 is 14.3 Å². The van der Waals surface area contributed by atoms with E-state index in [1.54, 1.807) is 0 Å². The van der Waals surface area contributed by atoms with E-state index >= 15 is 0 Å². The highest BCUT2D eigenvalue weighted by Crippen LogP contribution is 2.34. The van der Waals surface area contributed by atoms with Gasteiger partial charge in [-0.05, 0) is 31.6 Å². The van der Waals surface area contributed by atoms with Gasteiger partial charge in [-0.1, -0.05) is 0 Å². The molecule has 1 N–H and O–H groups in total. The highest BCUT2D eigenvalue weighted by atomic mass is 16.5. The molecule has 0 bridgehead atoms. The Balaban J connectivity index is 1.74. The highest BCUT2D eigenvalue weighted by molar-refractivity contribution is 5.90. The van der Waals surface area contributed by atoms with E-state index in [-0.39, 0.29) is 23.9 Å². The number of hydrogen-bond donors (Lipinski definition) is 1. The smallest absolute Gasteiger partial charge is 0.245 e. The Morgan fingerprint density at radius 1 is 1.11 bits per heavy atom. The van der Waals surface area contributed by atoms with Crippen LogP contribution in [0.15, 0.2) is 0 Å². The van der Waals surface area contributed by atoms with Crippen LogP contribution in [-0.2, 0) is 14.3 Å². The van der Waals surface area contributed by atoms with Crippen LogP contribution in [0.4, 0.5) is 0 Å². The van der Waals surface area contributed by atoms with Gasteiger partial charge < -0.3 is 15.0 Å². The molecule has 0 spiro atoms. The van der Waals surface area contributed by atoms with E-state index in [1.165, 1.54) is 0 Å². The highest BCUT2D eigenvalue weighted by Gasteiger charge is 2.42. The van der Waals surface area contributed by atoms with Gasteiger partial charge in [-0.2, -0.15) is 0 Å². The van der Waals surface area contributed by atoms with E-state index in [9.17, 15) is 9.59 Å². The molecule has 5 nitrogen and oxygen atoms in total. The molecule has 0 radical (unpaired) electrons. The van der Waals surface area contributed by atoms with Crippen molar-refractivity contribution >= 4 is 11.8 Å². The van der Waals surface area contributed by atoms with Crippen LogP contribution >= 0.6 is 0 Å². The van der Waals surface area contributed by atoms with Crippen LogP contribution in [0.1, 0.15) is 32.1 Å². The maximum Gasteiger partial charge on any atom is 0.245 e. The standard InChI is InChI=1S/C13H20N2O3/c16-11-3-6-15(10-4-7-18-8-5-10)13(17)12(14-11)9-1-2-9/h9-10,12H,1-8H2,(H,14,16). The number of carbonyl (C=O) groups is 2. The Hall–Kier alpha value is -1.10. The van der Waals surface area contributed by atoms with E-state index in [0.717, 1.165) is 38.9 Å². The lowest BCUT2D eigenvalue weighted by atomic mass is 10.0. The molecule has 1 atom stereocenters. The molecule has 18 heavy (non-hydrogen) atoms. The van der Waals surface area contributed by atoms with Gasteiger partial charge in [0.25, 0.3) is 0 Å². The molecule has 1 unspecified atom stereocenters. The Labute approximate surface area is 107 Å². The minimum Gasteiger partial charge on any atom is -0.381 e. The summed E-state index contributed by atoms with van der Waals surface area (Å²) in [6.45, 7) is 2.02. The van der Waals surface area contributed by atoms with Crippen LogP contribution in [0.25, 0.3) is 0 Å². The largest absolute Gasteiger partial charge is 0.381 e. The number of carbonyl (C=O) groups excluding carboxylic acids is 2. The fourth-order valence-electron chi connectivity index (χ4n) is 2.93. The summed E-state index contributed by atoms with van der Waals surface area (Å²) in [5.74, 6) is 0.534. The summed E-state index contributed by atoms with van der Waals surface area (Å²) in [6.07, 6.45) is 4.37. The molecule has 2 aliphatic heterocycles. The SMILES string of the molecule is O=C1CCN(C2CCOCC2)C(=O)C(C2CC2)N1. The van der Waals surface area contributed by atoms with Crippen LogP contribution in [0.5, 0.6) is 0 Å². The predicted octanol–water partition coefficient (Wildman–Crippen LogP) is 0.293. The second-order valence-corrected chi connectivity index (χ2v) is 5.51. The van der Waals surface area contributed by atoms with Crippen molar-refractivity contribution in [1.29, 1.82) is 0 Å². The zero-order chi connectivity index (χ0) is 12.5. The van der Waals surface area contributed by atoms with Crippen molar-refractivity contribution in [2.75, 3.05) is 19.8 Å². The number of hydrogen-bond acceptors (Lipinski definition) is 3. The lowest BCUT2D eigenvalue weighted by Crippen LogP contribution is -2.50. The van der Waals surface area contributed by atoms with Gasteiger partial charge in [0.1, 0.15) is 6.04 Å². The predicted molar refractivity (Wildman–Crippen MR) is 64.8 cm³/mol. The number of amides is 2. The molecule has 0 aromatic rings. The third-order valence-electron chi connectivity index (χ3n) is 4.17. The van der Waals surface area contributed by atoms with E-state index in [2.05, 4.69) is 5.32 Å². The summed E-state index contributed by atoms with van der Waals surface area (Å²) in [7, 11) is 0. The number of nitrogens with one attached hydrogen (secondary N) is 1. The second-order valence-electron chi connectivity index (χ2n) is 5.51. The fourth-order valence-corrected chi connectivity index (χ4v) is 2.93. The molecule has 2 heterocycles. The molecule has 5 heteroatoms.